The number of rotatable bonds is 6. The van der Waals surface area contributed by atoms with E-state index in [9.17, 15) is 9.59 Å². The van der Waals surface area contributed by atoms with Gasteiger partial charge < -0.3 is 4.74 Å². The van der Waals surface area contributed by atoms with Crippen LogP contribution in [0.2, 0.25) is 0 Å². The molecular weight excluding hydrogens is 324 g/mol. The van der Waals surface area contributed by atoms with Crippen molar-refractivity contribution in [2.24, 2.45) is 23.7 Å². The molecule has 4 rings (SSSR count). The van der Waals surface area contributed by atoms with E-state index in [2.05, 4.69) is 6.92 Å². The summed E-state index contributed by atoms with van der Waals surface area (Å²) >= 11 is 0. The zero-order valence-electron chi connectivity index (χ0n) is 16.0. The third-order valence-corrected chi connectivity index (χ3v) is 6.99. The fourth-order valence-corrected chi connectivity index (χ4v) is 5.17. The molecule has 3 aliphatic rings. The summed E-state index contributed by atoms with van der Waals surface area (Å²) in [6, 6.07) is 5.64. The van der Waals surface area contributed by atoms with Gasteiger partial charge in [-0.25, -0.2) is 0 Å². The molecule has 0 amide bonds. The fourth-order valence-electron chi connectivity index (χ4n) is 5.17. The summed E-state index contributed by atoms with van der Waals surface area (Å²) in [7, 11) is 1.64. The first-order valence-electron chi connectivity index (χ1n) is 10.3. The first-order valence-corrected chi connectivity index (χ1v) is 10.3. The molecule has 0 saturated heterocycles. The maximum absolute atomic E-state index is 12.8. The number of benzene rings is 1. The van der Waals surface area contributed by atoms with Crippen molar-refractivity contribution >= 4 is 11.6 Å². The van der Waals surface area contributed by atoms with Crippen LogP contribution in [0.4, 0.5) is 0 Å². The highest BCUT2D eigenvalue weighted by Crippen LogP contribution is 2.49. The summed E-state index contributed by atoms with van der Waals surface area (Å²) < 4.78 is 5.30. The van der Waals surface area contributed by atoms with E-state index >= 15 is 0 Å². The topological polar surface area (TPSA) is 43.4 Å². The largest absolute Gasteiger partial charge is 0.497 e. The highest BCUT2D eigenvalue weighted by molar-refractivity contribution is 6.02. The van der Waals surface area contributed by atoms with Gasteiger partial charge in [-0.1, -0.05) is 32.6 Å². The van der Waals surface area contributed by atoms with E-state index in [-0.39, 0.29) is 17.6 Å². The second-order valence-electron chi connectivity index (χ2n) is 8.91. The third-order valence-electron chi connectivity index (χ3n) is 6.99. The molecule has 0 aliphatic heterocycles. The number of hydrogen-bond donors (Lipinski definition) is 0. The first-order chi connectivity index (χ1) is 12.5. The van der Waals surface area contributed by atoms with Gasteiger partial charge in [0.1, 0.15) is 11.5 Å². The molecule has 3 heteroatoms. The van der Waals surface area contributed by atoms with Gasteiger partial charge >= 0.3 is 0 Å². The van der Waals surface area contributed by atoms with Crippen LogP contribution in [0, 0.1) is 23.7 Å². The Labute approximate surface area is 156 Å². The molecule has 1 aromatic carbocycles. The van der Waals surface area contributed by atoms with E-state index in [4.69, 9.17) is 4.74 Å². The van der Waals surface area contributed by atoms with Gasteiger partial charge in [-0.05, 0) is 60.3 Å². The molecule has 3 atom stereocenters. The number of hydrogen-bond acceptors (Lipinski definition) is 3. The predicted octanol–water partition coefficient (Wildman–Crippen LogP) is 5.18. The average Bonchev–Trinajstić information content (AvgIpc) is 3.35. The number of carbonyl (C=O) groups is 2. The lowest BCUT2D eigenvalue weighted by atomic mass is 9.80. The van der Waals surface area contributed by atoms with Crippen molar-refractivity contribution in [2.45, 2.75) is 64.2 Å². The summed E-state index contributed by atoms with van der Waals surface area (Å²) in [5.74, 6) is 3.98. The molecule has 0 radical (unpaired) electrons. The van der Waals surface area contributed by atoms with E-state index in [1.54, 1.807) is 7.11 Å². The van der Waals surface area contributed by atoms with Gasteiger partial charge in [0.05, 0.1) is 7.11 Å². The van der Waals surface area contributed by atoms with Crippen molar-refractivity contribution in [3.8, 4) is 5.75 Å². The molecule has 2 fully saturated rings. The van der Waals surface area contributed by atoms with Gasteiger partial charge in [0, 0.05) is 24.3 Å². The Kier molecular flexibility index (Phi) is 4.90. The number of Topliss-reactive ketones (excluding diaryl/α,β-unsaturated/α-hetero) is 2. The number of carbonyl (C=O) groups excluding carboxylic acids is 2. The quantitative estimate of drug-likeness (QED) is 0.707. The standard InChI is InChI=1S/C23H30O3/c1-14-3-5-15(6-4-14)9-16-10-21(16)23(25)12-17-11-22(24)19-8-7-18(26-2)13-20(17)19/h7-8,13-17,21H,3-6,9-12H2,1-2H3. The molecule has 0 N–H and O–H groups in total. The van der Waals surface area contributed by atoms with E-state index in [1.165, 1.54) is 32.1 Å². The number of methoxy groups -OCH3 is 1. The van der Waals surface area contributed by atoms with Gasteiger partial charge in [0.15, 0.2) is 5.78 Å². The monoisotopic (exact) mass is 354 g/mol. The molecule has 140 valence electrons. The fraction of sp³-hybridized carbons (Fsp3) is 0.652. The number of fused-ring (bicyclic) bond motifs is 1. The summed E-state index contributed by atoms with van der Waals surface area (Å²) in [4.78, 5) is 25.0. The highest BCUT2D eigenvalue weighted by Gasteiger charge is 2.45. The first kappa shape index (κ1) is 17.8. The Morgan fingerprint density at radius 2 is 1.96 bits per heavy atom. The Morgan fingerprint density at radius 3 is 2.69 bits per heavy atom. The van der Waals surface area contributed by atoms with Gasteiger partial charge in [-0.15, -0.1) is 0 Å². The van der Waals surface area contributed by atoms with Crippen LogP contribution < -0.4 is 4.74 Å². The molecule has 2 saturated carbocycles. The van der Waals surface area contributed by atoms with Crippen molar-refractivity contribution in [3.63, 3.8) is 0 Å². The van der Waals surface area contributed by atoms with Gasteiger partial charge in [0.2, 0.25) is 0 Å². The van der Waals surface area contributed by atoms with Crippen LogP contribution in [0.5, 0.6) is 5.75 Å². The average molecular weight is 354 g/mol. The molecule has 0 bridgehead atoms. The van der Waals surface area contributed by atoms with Crippen molar-refractivity contribution in [1.82, 2.24) is 0 Å². The van der Waals surface area contributed by atoms with Crippen molar-refractivity contribution in [3.05, 3.63) is 29.3 Å². The SMILES string of the molecule is COc1ccc2c(c1)C(CC(=O)C1CC1CC1CCC(C)CC1)CC2=O. The minimum absolute atomic E-state index is 0.0527. The lowest BCUT2D eigenvalue weighted by Gasteiger charge is -2.26. The molecule has 0 spiro atoms. The van der Waals surface area contributed by atoms with Crippen LogP contribution in [0.25, 0.3) is 0 Å². The highest BCUT2D eigenvalue weighted by atomic mass is 16.5. The van der Waals surface area contributed by atoms with Crippen LogP contribution >= 0.6 is 0 Å². The van der Waals surface area contributed by atoms with E-state index < -0.39 is 0 Å². The number of ketones is 2. The van der Waals surface area contributed by atoms with Gasteiger partial charge in [-0.2, -0.15) is 0 Å². The molecule has 0 heterocycles. The van der Waals surface area contributed by atoms with E-state index in [0.717, 1.165) is 35.1 Å². The van der Waals surface area contributed by atoms with Gasteiger partial charge in [-0.3, -0.25) is 9.59 Å². The van der Waals surface area contributed by atoms with E-state index in [0.29, 0.717) is 24.5 Å². The summed E-state index contributed by atoms with van der Waals surface area (Å²) in [5.41, 5.74) is 1.80. The lowest BCUT2D eigenvalue weighted by molar-refractivity contribution is -0.120. The third kappa shape index (κ3) is 3.58. The van der Waals surface area contributed by atoms with Crippen molar-refractivity contribution in [2.75, 3.05) is 7.11 Å². The Hall–Kier alpha value is -1.64. The van der Waals surface area contributed by atoms with Crippen LogP contribution in [-0.2, 0) is 4.79 Å². The molecule has 3 aliphatic carbocycles. The smallest absolute Gasteiger partial charge is 0.163 e. The summed E-state index contributed by atoms with van der Waals surface area (Å²) in [5, 5.41) is 0. The second kappa shape index (κ2) is 7.17. The number of ether oxygens (including phenoxy) is 1. The molecule has 3 unspecified atom stereocenters. The summed E-state index contributed by atoms with van der Waals surface area (Å²) in [6.45, 7) is 2.36. The normalized spacial score (nSPS) is 33.0. The minimum atomic E-state index is 0.0527. The van der Waals surface area contributed by atoms with E-state index in [1.807, 2.05) is 18.2 Å². The van der Waals surface area contributed by atoms with Crippen LogP contribution in [0.3, 0.4) is 0 Å². The van der Waals surface area contributed by atoms with Crippen LogP contribution in [-0.4, -0.2) is 18.7 Å². The predicted molar refractivity (Wildman–Crippen MR) is 102 cm³/mol. The Bertz CT molecular complexity index is 699. The lowest BCUT2D eigenvalue weighted by Crippen LogP contribution is -2.14. The van der Waals surface area contributed by atoms with Crippen molar-refractivity contribution < 1.29 is 14.3 Å². The zero-order valence-corrected chi connectivity index (χ0v) is 16.0. The summed E-state index contributed by atoms with van der Waals surface area (Å²) in [6.07, 6.45) is 8.75. The second-order valence-corrected chi connectivity index (χ2v) is 8.91. The molecular formula is C23H30O3. The van der Waals surface area contributed by atoms with Crippen LogP contribution in [0.15, 0.2) is 18.2 Å². The maximum atomic E-state index is 12.8. The maximum Gasteiger partial charge on any atom is 0.163 e. The zero-order chi connectivity index (χ0) is 18.3. The van der Waals surface area contributed by atoms with Gasteiger partial charge in [0.25, 0.3) is 0 Å². The Balaban J connectivity index is 1.33. The molecule has 3 nitrogen and oxygen atoms in total. The van der Waals surface area contributed by atoms with Crippen molar-refractivity contribution in [1.29, 1.82) is 0 Å². The minimum Gasteiger partial charge on any atom is -0.497 e. The van der Waals surface area contributed by atoms with Crippen LogP contribution in [0.1, 0.15) is 80.1 Å². The Morgan fingerprint density at radius 1 is 1.19 bits per heavy atom. The molecule has 1 aromatic rings. The molecule has 0 aromatic heterocycles. The molecule has 26 heavy (non-hydrogen) atoms.